The molecule has 0 bridgehead atoms. The summed E-state index contributed by atoms with van der Waals surface area (Å²) in [4.78, 5) is 15.7. The van der Waals surface area contributed by atoms with Crippen molar-refractivity contribution in [2.24, 2.45) is 0 Å². The lowest BCUT2D eigenvalue weighted by molar-refractivity contribution is -0.120. The molecule has 5 nitrogen and oxygen atoms in total. The van der Waals surface area contributed by atoms with Crippen LogP contribution in [0.1, 0.15) is 17.0 Å². The minimum Gasteiger partial charge on any atom is -0.355 e. The number of hydrogen-bond donors (Lipinski definition) is 2. The molecule has 0 spiro atoms. The molecule has 2 aromatic rings. The Morgan fingerprint density at radius 3 is 3.00 bits per heavy atom. The number of aromatic amines is 1. The van der Waals surface area contributed by atoms with E-state index in [-0.39, 0.29) is 5.91 Å². The van der Waals surface area contributed by atoms with E-state index >= 15 is 0 Å². The zero-order valence-corrected chi connectivity index (χ0v) is 11.4. The van der Waals surface area contributed by atoms with Crippen molar-refractivity contribution in [2.75, 3.05) is 6.54 Å². The maximum atomic E-state index is 11.7. The van der Waals surface area contributed by atoms with Gasteiger partial charge < -0.3 is 5.32 Å². The van der Waals surface area contributed by atoms with Crippen LogP contribution in [0.15, 0.2) is 24.5 Å². The molecule has 2 rings (SSSR count). The van der Waals surface area contributed by atoms with E-state index in [1.165, 1.54) is 6.33 Å². The van der Waals surface area contributed by atoms with Crippen molar-refractivity contribution in [3.8, 4) is 0 Å². The maximum absolute atomic E-state index is 11.7. The lowest BCUT2D eigenvalue weighted by Gasteiger charge is -2.05. The fourth-order valence-electron chi connectivity index (χ4n) is 1.67. The number of halogens is 1. The smallest absolute Gasteiger partial charge is 0.224 e. The molecule has 19 heavy (non-hydrogen) atoms. The van der Waals surface area contributed by atoms with Crippen LogP contribution in [-0.2, 0) is 17.6 Å². The highest BCUT2D eigenvalue weighted by molar-refractivity contribution is 6.31. The predicted octanol–water partition coefficient (Wildman–Crippen LogP) is 1.67. The third-order valence-corrected chi connectivity index (χ3v) is 3.16. The molecule has 0 atom stereocenters. The average Bonchev–Trinajstić information content (AvgIpc) is 2.87. The summed E-state index contributed by atoms with van der Waals surface area (Å²) < 4.78 is 0. The van der Waals surface area contributed by atoms with Crippen LogP contribution in [-0.4, -0.2) is 27.6 Å². The molecule has 1 aromatic heterocycles. The van der Waals surface area contributed by atoms with Gasteiger partial charge in [-0.3, -0.25) is 9.89 Å². The third-order valence-electron chi connectivity index (χ3n) is 2.75. The summed E-state index contributed by atoms with van der Waals surface area (Å²) in [5.74, 6) is 0.734. The second-order valence-electron chi connectivity index (χ2n) is 4.29. The molecule has 100 valence electrons. The first kappa shape index (κ1) is 13.5. The summed E-state index contributed by atoms with van der Waals surface area (Å²) in [6, 6.07) is 5.66. The molecule has 6 heteroatoms. The lowest BCUT2D eigenvalue weighted by atomic mass is 10.1. The second kappa shape index (κ2) is 6.33. The van der Waals surface area contributed by atoms with E-state index in [4.69, 9.17) is 11.6 Å². The van der Waals surface area contributed by atoms with Crippen LogP contribution >= 0.6 is 11.6 Å². The summed E-state index contributed by atoms with van der Waals surface area (Å²) in [5.41, 5.74) is 1.92. The van der Waals surface area contributed by atoms with Gasteiger partial charge in [0, 0.05) is 18.0 Å². The number of aromatic nitrogens is 3. The number of aryl methyl sites for hydroxylation is 1. The van der Waals surface area contributed by atoms with E-state index in [0.717, 1.165) is 17.0 Å². The largest absolute Gasteiger partial charge is 0.355 e. The highest BCUT2D eigenvalue weighted by Gasteiger charge is 2.05. The number of hydrogen-bond acceptors (Lipinski definition) is 3. The Kier molecular flexibility index (Phi) is 4.52. The van der Waals surface area contributed by atoms with Crippen LogP contribution < -0.4 is 5.32 Å². The number of nitrogens with one attached hydrogen (secondary N) is 2. The number of nitrogens with zero attached hydrogens (tertiary/aromatic N) is 2. The number of H-pyrrole nitrogens is 1. The molecule has 0 radical (unpaired) electrons. The molecule has 1 heterocycles. The van der Waals surface area contributed by atoms with E-state index < -0.39 is 0 Å². The van der Waals surface area contributed by atoms with Crippen LogP contribution in [0.4, 0.5) is 0 Å². The van der Waals surface area contributed by atoms with E-state index in [2.05, 4.69) is 20.5 Å². The number of benzene rings is 1. The molecule has 2 N–H and O–H groups in total. The van der Waals surface area contributed by atoms with Gasteiger partial charge in [-0.2, -0.15) is 5.10 Å². The predicted molar refractivity (Wildman–Crippen MR) is 73.0 cm³/mol. The van der Waals surface area contributed by atoms with Gasteiger partial charge in [-0.15, -0.1) is 0 Å². The van der Waals surface area contributed by atoms with Gasteiger partial charge in [0.2, 0.25) is 5.91 Å². The Labute approximate surface area is 116 Å². The Bertz CT molecular complexity index is 554. The molecule has 0 fully saturated rings. The van der Waals surface area contributed by atoms with Gasteiger partial charge in [0.1, 0.15) is 12.2 Å². The first-order valence-electron chi connectivity index (χ1n) is 6.01. The van der Waals surface area contributed by atoms with Gasteiger partial charge in [0.25, 0.3) is 0 Å². The van der Waals surface area contributed by atoms with Crippen LogP contribution in [0.25, 0.3) is 0 Å². The molecule has 1 amide bonds. The molecule has 1 aromatic carbocycles. The Morgan fingerprint density at radius 1 is 1.47 bits per heavy atom. The quantitative estimate of drug-likeness (QED) is 0.874. The summed E-state index contributed by atoms with van der Waals surface area (Å²) in [7, 11) is 0. The molecule has 0 aliphatic rings. The molecule has 0 unspecified atom stereocenters. The highest BCUT2D eigenvalue weighted by atomic mass is 35.5. The van der Waals surface area contributed by atoms with Crippen molar-refractivity contribution in [3.63, 3.8) is 0 Å². The third kappa shape index (κ3) is 4.06. The van der Waals surface area contributed by atoms with Gasteiger partial charge in [0.15, 0.2) is 0 Å². The lowest BCUT2D eigenvalue weighted by Crippen LogP contribution is -2.27. The van der Waals surface area contributed by atoms with E-state index in [9.17, 15) is 4.79 Å². The SMILES string of the molecule is Cc1ccc(CC(=O)NCCc2ncn[nH]2)cc1Cl. The van der Waals surface area contributed by atoms with Crippen molar-refractivity contribution in [1.29, 1.82) is 0 Å². The van der Waals surface area contributed by atoms with E-state index in [0.29, 0.717) is 24.4 Å². The topological polar surface area (TPSA) is 70.7 Å². The Hall–Kier alpha value is -1.88. The zero-order valence-electron chi connectivity index (χ0n) is 10.6. The number of carbonyl (C=O) groups is 1. The Morgan fingerprint density at radius 2 is 2.32 bits per heavy atom. The number of amides is 1. The fourth-order valence-corrected chi connectivity index (χ4v) is 1.87. The molecule has 0 aliphatic carbocycles. The first-order chi connectivity index (χ1) is 9.15. The summed E-state index contributed by atoms with van der Waals surface area (Å²) in [6.45, 7) is 2.47. The van der Waals surface area contributed by atoms with Crippen molar-refractivity contribution in [3.05, 3.63) is 46.5 Å². The van der Waals surface area contributed by atoms with Crippen molar-refractivity contribution in [2.45, 2.75) is 19.8 Å². The monoisotopic (exact) mass is 278 g/mol. The van der Waals surface area contributed by atoms with Crippen LogP contribution in [0, 0.1) is 6.92 Å². The minimum absolute atomic E-state index is 0.0283. The van der Waals surface area contributed by atoms with E-state index in [1.807, 2.05) is 25.1 Å². The van der Waals surface area contributed by atoms with Gasteiger partial charge in [-0.1, -0.05) is 23.7 Å². The number of rotatable bonds is 5. The fraction of sp³-hybridized carbons (Fsp3) is 0.308. The highest BCUT2D eigenvalue weighted by Crippen LogP contribution is 2.16. The maximum Gasteiger partial charge on any atom is 0.224 e. The normalized spacial score (nSPS) is 10.4. The summed E-state index contributed by atoms with van der Waals surface area (Å²) in [5, 5.41) is 10.0. The van der Waals surface area contributed by atoms with E-state index in [1.54, 1.807) is 0 Å². The number of carbonyl (C=O) groups excluding carboxylic acids is 1. The second-order valence-corrected chi connectivity index (χ2v) is 4.70. The average molecular weight is 279 g/mol. The molecular formula is C13H15ClN4O. The van der Waals surface area contributed by atoms with Crippen LogP contribution in [0.5, 0.6) is 0 Å². The summed E-state index contributed by atoms with van der Waals surface area (Å²) in [6.07, 6.45) is 2.42. The van der Waals surface area contributed by atoms with Gasteiger partial charge in [0.05, 0.1) is 6.42 Å². The summed E-state index contributed by atoms with van der Waals surface area (Å²) >= 11 is 6.02. The molecule has 0 saturated heterocycles. The molecular weight excluding hydrogens is 264 g/mol. The van der Waals surface area contributed by atoms with Crippen molar-refractivity contribution < 1.29 is 4.79 Å². The minimum atomic E-state index is -0.0283. The molecule has 0 aliphatic heterocycles. The van der Waals surface area contributed by atoms with Crippen molar-refractivity contribution in [1.82, 2.24) is 20.5 Å². The first-order valence-corrected chi connectivity index (χ1v) is 6.39. The van der Waals surface area contributed by atoms with Crippen LogP contribution in [0.2, 0.25) is 5.02 Å². The van der Waals surface area contributed by atoms with Crippen molar-refractivity contribution >= 4 is 17.5 Å². The molecule has 0 saturated carbocycles. The van der Waals surface area contributed by atoms with Gasteiger partial charge in [-0.25, -0.2) is 4.98 Å². The van der Waals surface area contributed by atoms with Crippen LogP contribution in [0.3, 0.4) is 0 Å². The van der Waals surface area contributed by atoms with Gasteiger partial charge in [-0.05, 0) is 24.1 Å². The standard InChI is InChI=1S/C13H15ClN4O/c1-9-2-3-10(6-11(9)14)7-13(19)15-5-4-12-16-8-17-18-12/h2-3,6,8H,4-5,7H2,1H3,(H,15,19)(H,16,17,18). The Balaban J connectivity index is 1.79. The zero-order chi connectivity index (χ0) is 13.7. The van der Waals surface area contributed by atoms with Gasteiger partial charge >= 0.3 is 0 Å².